The van der Waals surface area contributed by atoms with Crippen LogP contribution >= 0.6 is 0 Å². The molecule has 3 aliphatic rings. The summed E-state index contributed by atoms with van der Waals surface area (Å²) in [4.78, 5) is 22.3. The highest BCUT2D eigenvalue weighted by atomic mass is 16.5. The summed E-state index contributed by atoms with van der Waals surface area (Å²) in [6.45, 7) is 6.49. The number of nitrogens with one attached hydrogen (secondary N) is 1. The third-order valence-corrected chi connectivity index (χ3v) is 8.70. The Morgan fingerprint density at radius 2 is 2.03 bits per heavy atom. The Morgan fingerprint density at radius 3 is 2.76 bits per heavy atom. The molecule has 1 amide bonds. The van der Waals surface area contributed by atoms with Crippen LogP contribution in [0, 0.1) is 29.1 Å². The smallest absolute Gasteiger partial charge is 0.222 e. The van der Waals surface area contributed by atoms with E-state index in [9.17, 15) is 10.1 Å². The number of H-pyrrole nitrogens is 1. The summed E-state index contributed by atoms with van der Waals surface area (Å²) in [6.07, 6.45) is 7.48. The van der Waals surface area contributed by atoms with Crippen LogP contribution in [0.5, 0.6) is 0 Å². The van der Waals surface area contributed by atoms with Crippen LogP contribution in [-0.4, -0.2) is 46.6 Å². The average Bonchev–Trinajstić information content (AvgIpc) is 3.64. The molecule has 0 spiro atoms. The zero-order valence-corrected chi connectivity index (χ0v) is 21.7. The number of aromatic amines is 1. The first-order valence-corrected chi connectivity index (χ1v) is 13.7. The summed E-state index contributed by atoms with van der Waals surface area (Å²) in [5.41, 5.74) is 7.66. The van der Waals surface area contributed by atoms with Crippen LogP contribution in [0.25, 0.3) is 27.9 Å². The fourth-order valence-corrected chi connectivity index (χ4v) is 6.60. The first-order valence-electron chi connectivity index (χ1n) is 13.7. The molecule has 1 saturated heterocycles. The van der Waals surface area contributed by atoms with E-state index in [1.807, 2.05) is 17.9 Å². The van der Waals surface area contributed by atoms with Crippen LogP contribution in [0.15, 0.2) is 42.5 Å². The van der Waals surface area contributed by atoms with Crippen molar-refractivity contribution in [2.24, 2.45) is 17.8 Å². The topological polar surface area (TPSA) is 82.0 Å². The molecule has 190 valence electrons. The molecule has 3 aromatic rings. The Morgan fingerprint density at radius 1 is 1.22 bits per heavy atom. The van der Waals surface area contributed by atoms with Crippen LogP contribution in [0.3, 0.4) is 0 Å². The molecule has 37 heavy (non-hydrogen) atoms. The van der Waals surface area contributed by atoms with Gasteiger partial charge in [0, 0.05) is 30.8 Å². The van der Waals surface area contributed by atoms with Crippen molar-refractivity contribution in [1.82, 2.24) is 14.9 Å². The summed E-state index contributed by atoms with van der Waals surface area (Å²) in [6, 6.07) is 14.8. The van der Waals surface area contributed by atoms with Crippen LogP contribution in [0.4, 0.5) is 0 Å². The molecule has 1 aliphatic carbocycles. The standard InChI is InChI=1S/C31H34N4O2/c1-3-29(36)35-12-10-21(11-13-35)20-5-7-22(8-6-20)30-23(17-32)15-27-28(34-30)16-25(33-27)14-24-18-37-31-19(2)4-9-26(24)31/h5-8,10,15-16,19,24,26,31,33H,3-4,9,11-14,18H2,1-2H3. The highest BCUT2D eigenvalue weighted by molar-refractivity contribution is 5.84. The van der Waals surface area contributed by atoms with E-state index in [4.69, 9.17) is 9.72 Å². The van der Waals surface area contributed by atoms with Crippen LogP contribution < -0.4 is 0 Å². The Balaban J connectivity index is 1.22. The molecule has 0 radical (unpaired) electrons. The van der Waals surface area contributed by atoms with Gasteiger partial charge in [0.15, 0.2) is 0 Å². The number of aromatic nitrogens is 2. The lowest BCUT2D eigenvalue weighted by molar-refractivity contribution is -0.130. The van der Waals surface area contributed by atoms with Gasteiger partial charge in [0.05, 0.1) is 35.0 Å². The lowest BCUT2D eigenvalue weighted by Crippen LogP contribution is -2.34. The molecular weight excluding hydrogens is 460 g/mol. The van der Waals surface area contributed by atoms with Crippen molar-refractivity contribution < 1.29 is 9.53 Å². The first-order chi connectivity index (χ1) is 18.0. The first kappa shape index (κ1) is 23.9. The summed E-state index contributed by atoms with van der Waals surface area (Å²) in [5, 5.41) is 9.89. The Kier molecular flexibility index (Phi) is 6.34. The Bertz CT molecular complexity index is 1400. The van der Waals surface area contributed by atoms with E-state index in [1.54, 1.807) is 0 Å². The average molecular weight is 495 g/mol. The van der Waals surface area contributed by atoms with Gasteiger partial charge in [-0.25, -0.2) is 4.98 Å². The summed E-state index contributed by atoms with van der Waals surface area (Å²) in [7, 11) is 0. The molecule has 2 aromatic heterocycles. The molecule has 4 heterocycles. The van der Waals surface area contributed by atoms with E-state index >= 15 is 0 Å². The van der Waals surface area contributed by atoms with Gasteiger partial charge in [-0.15, -0.1) is 0 Å². The van der Waals surface area contributed by atoms with Gasteiger partial charge in [-0.2, -0.15) is 5.26 Å². The number of nitrogens with zero attached hydrogens (tertiary/aromatic N) is 3. The van der Waals surface area contributed by atoms with E-state index in [-0.39, 0.29) is 5.91 Å². The van der Waals surface area contributed by atoms with Gasteiger partial charge in [-0.1, -0.05) is 44.2 Å². The number of carbonyl (C=O) groups is 1. The van der Waals surface area contributed by atoms with Crippen LogP contribution in [-0.2, 0) is 16.0 Å². The van der Waals surface area contributed by atoms with Crippen molar-refractivity contribution in [2.45, 2.75) is 52.1 Å². The molecule has 2 aliphatic heterocycles. The zero-order chi connectivity index (χ0) is 25.5. The molecule has 1 N–H and O–H groups in total. The van der Waals surface area contributed by atoms with E-state index in [1.165, 1.54) is 24.1 Å². The quantitative estimate of drug-likeness (QED) is 0.491. The van der Waals surface area contributed by atoms with Crippen LogP contribution in [0.2, 0.25) is 0 Å². The van der Waals surface area contributed by atoms with Gasteiger partial charge < -0.3 is 14.6 Å². The lowest BCUT2D eigenvalue weighted by Gasteiger charge is -2.26. The molecule has 0 bridgehead atoms. The zero-order valence-electron chi connectivity index (χ0n) is 21.7. The molecule has 2 fully saturated rings. The van der Waals surface area contributed by atoms with Crippen molar-refractivity contribution in [3.05, 3.63) is 59.3 Å². The van der Waals surface area contributed by atoms with Gasteiger partial charge >= 0.3 is 0 Å². The van der Waals surface area contributed by atoms with Crippen LogP contribution in [0.1, 0.15) is 56.4 Å². The fraction of sp³-hybridized carbons (Fsp3) is 0.452. The predicted molar refractivity (Wildman–Crippen MR) is 145 cm³/mol. The largest absolute Gasteiger partial charge is 0.377 e. The van der Waals surface area contributed by atoms with E-state index < -0.39 is 0 Å². The van der Waals surface area contributed by atoms with E-state index in [0.29, 0.717) is 42.4 Å². The Labute approximate surface area is 218 Å². The molecular formula is C31H34N4O2. The number of hydrogen-bond donors (Lipinski definition) is 1. The highest BCUT2D eigenvalue weighted by Crippen LogP contribution is 2.44. The SMILES string of the molecule is CCC(=O)N1CC=C(c2ccc(-c3nc4cc(CC5COC6C(C)CCC56)[nH]c4cc3C#N)cc2)CC1. The van der Waals surface area contributed by atoms with E-state index in [2.05, 4.69) is 54.4 Å². The van der Waals surface area contributed by atoms with Crippen molar-refractivity contribution in [3.63, 3.8) is 0 Å². The maximum Gasteiger partial charge on any atom is 0.222 e. The summed E-state index contributed by atoms with van der Waals surface area (Å²) in [5.74, 6) is 2.08. The second-order valence-corrected chi connectivity index (χ2v) is 11.0. The van der Waals surface area contributed by atoms with Gasteiger partial charge in [0.1, 0.15) is 6.07 Å². The van der Waals surface area contributed by atoms with Gasteiger partial charge in [0.25, 0.3) is 0 Å². The highest BCUT2D eigenvalue weighted by Gasteiger charge is 2.44. The number of hydrogen-bond acceptors (Lipinski definition) is 4. The van der Waals surface area contributed by atoms with Crippen molar-refractivity contribution in [2.75, 3.05) is 19.7 Å². The van der Waals surface area contributed by atoms with Crippen molar-refractivity contribution in [1.29, 1.82) is 5.26 Å². The van der Waals surface area contributed by atoms with Crippen molar-refractivity contribution in [3.8, 4) is 17.3 Å². The summed E-state index contributed by atoms with van der Waals surface area (Å²) >= 11 is 0. The monoisotopic (exact) mass is 494 g/mol. The Hall–Kier alpha value is -3.43. The number of nitriles is 1. The minimum Gasteiger partial charge on any atom is -0.377 e. The number of benzene rings is 1. The van der Waals surface area contributed by atoms with Gasteiger partial charge in [-0.3, -0.25) is 4.79 Å². The van der Waals surface area contributed by atoms with Crippen molar-refractivity contribution >= 4 is 22.5 Å². The number of pyridine rings is 1. The number of rotatable bonds is 5. The number of carbonyl (C=O) groups excluding carboxylic acids is 1. The molecule has 1 aromatic carbocycles. The predicted octanol–water partition coefficient (Wildman–Crippen LogP) is 5.73. The molecule has 6 heteroatoms. The maximum absolute atomic E-state index is 12.0. The molecule has 1 saturated carbocycles. The summed E-state index contributed by atoms with van der Waals surface area (Å²) < 4.78 is 6.14. The second kappa shape index (κ2) is 9.79. The number of amides is 1. The normalized spacial score (nSPS) is 25.2. The second-order valence-electron chi connectivity index (χ2n) is 11.0. The van der Waals surface area contributed by atoms with E-state index in [0.717, 1.165) is 53.8 Å². The minimum atomic E-state index is 0.206. The fourth-order valence-electron chi connectivity index (χ4n) is 6.60. The molecule has 4 unspecified atom stereocenters. The molecule has 4 atom stereocenters. The lowest BCUT2D eigenvalue weighted by atomic mass is 9.88. The maximum atomic E-state index is 12.0. The minimum absolute atomic E-state index is 0.206. The van der Waals surface area contributed by atoms with Gasteiger partial charge in [-0.05, 0) is 66.7 Å². The third kappa shape index (κ3) is 4.46. The number of fused-ring (bicyclic) bond motifs is 2. The molecule has 6 nitrogen and oxygen atoms in total. The molecule has 6 rings (SSSR count). The van der Waals surface area contributed by atoms with Gasteiger partial charge in [0.2, 0.25) is 5.91 Å². The number of ether oxygens (including phenoxy) is 1. The third-order valence-electron chi connectivity index (χ3n) is 8.70.